The lowest BCUT2D eigenvalue weighted by Crippen LogP contribution is -2.45. The molecule has 1 spiro atoms. The highest BCUT2D eigenvalue weighted by molar-refractivity contribution is 5.94. The Labute approximate surface area is 198 Å². The van der Waals surface area contributed by atoms with E-state index in [0.29, 0.717) is 12.1 Å². The third-order valence-electron chi connectivity index (χ3n) is 8.47. The van der Waals surface area contributed by atoms with Gasteiger partial charge in [0.15, 0.2) is 5.82 Å². The van der Waals surface area contributed by atoms with E-state index in [9.17, 15) is 9.59 Å². The summed E-state index contributed by atoms with van der Waals surface area (Å²) in [6.07, 6.45) is 5.49. The van der Waals surface area contributed by atoms with Gasteiger partial charge >= 0.3 is 5.97 Å². The van der Waals surface area contributed by atoms with Crippen molar-refractivity contribution >= 4 is 11.9 Å². The number of tetrazole rings is 1. The van der Waals surface area contributed by atoms with Crippen molar-refractivity contribution in [1.82, 2.24) is 30.0 Å². The highest BCUT2D eigenvalue weighted by Gasteiger charge is 2.49. The summed E-state index contributed by atoms with van der Waals surface area (Å²) in [6.45, 7) is 7.77. The molecule has 1 aromatic carbocycles. The van der Waals surface area contributed by atoms with Crippen LogP contribution in [-0.4, -0.2) is 74.7 Å². The number of rotatable bonds is 4. The molecule has 0 radical (unpaired) electrons. The monoisotopic (exact) mass is 462 g/mol. The molecular weight excluding hydrogens is 432 g/mol. The minimum absolute atomic E-state index is 0.187. The molecule has 1 aromatic heterocycles. The molecule has 178 valence electrons. The van der Waals surface area contributed by atoms with Gasteiger partial charge in [-0.3, -0.25) is 4.79 Å². The number of nitrogens with zero attached hydrogens (tertiary/aromatic N) is 6. The van der Waals surface area contributed by atoms with Crippen molar-refractivity contribution in [3.8, 4) is 5.69 Å². The summed E-state index contributed by atoms with van der Waals surface area (Å²) in [6, 6.07) is 4.37. The van der Waals surface area contributed by atoms with Crippen LogP contribution in [0, 0.1) is 12.3 Å². The van der Waals surface area contributed by atoms with Gasteiger partial charge < -0.3 is 14.5 Å². The Kier molecular flexibility index (Phi) is 5.05. The van der Waals surface area contributed by atoms with Crippen molar-refractivity contribution in [2.75, 3.05) is 32.8 Å². The molecule has 0 unspecified atom stereocenters. The fourth-order valence-electron chi connectivity index (χ4n) is 6.14. The fourth-order valence-corrected chi connectivity index (χ4v) is 6.14. The normalized spacial score (nSPS) is 21.9. The van der Waals surface area contributed by atoms with Gasteiger partial charge in [-0.05, 0) is 92.2 Å². The van der Waals surface area contributed by atoms with Gasteiger partial charge in [-0.15, -0.1) is 5.10 Å². The maximum atomic E-state index is 13.3. The summed E-state index contributed by atoms with van der Waals surface area (Å²) in [4.78, 5) is 29.4. The van der Waals surface area contributed by atoms with Crippen molar-refractivity contribution in [1.29, 1.82) is 0 Å². The predicted octanol–water partition coefficient (Wildman–Crippen LogP) is 1.76. The molecular formula is C25H30N6O3. The van der Waals surface area contributed by atoms with Crippen LogP contribution in [0.25, 0.3) is 5.69 Å². The lowest BCUT2D eigenvalue weighted by molar-refractivity contribution is -0.138. The van der Waals surface area contributed by atoms with Gasteiger partial charge in [-0.1, -0.05) is 6.07 Å². The number of cyclic esters (lactones) is 1. The number of carbonyl (C=O) groups is 2. The zero-order valence-corrected chi connectivity index (χ0v) is 19.8. The molecule has 1 amide bonds. The smallest absolute Gasteiger partial charge is 0.336 e. The highest BCUT2D eigenvalue weighted by Crippen LogP contribution is 2.43. The Balaban J connectivity index is 1.09. The Bertz CT molecular complexity index is 1210. The van der Waals surface area contributed by atoms with Crippen molar-refractivity contribution < 1.29 is 14.3 Å². The second-order valence-corrected chi connectivity index (χ2v) is 10.1. The van der Waals surface area contributed by atoms with Gasteiger partial charge in [-0.25, -0.2) is 4.79 Å². The number of carbonyl (C=O) groups excluding carboxylic acids is 2. The standard InChI is InChI=1S/C25H30N6O3/c1-16-18(3-5-20-19(16)4-6-22-26-27-28-31(20)22)7-11-29-12-8-25(9-13-29)10-14-30(24(25)33)21-15-34-23(32)17(21)2/h3,5H,4,6-15H2,1-2H3. The molecule has 0 saturated carbocycles. The van der Waals surface area contributed by atoms with E-state index in [2.05, 4.69) is 39.5 Å². The molecule has 4 aliphatic rings. The van der Waals surface area contributed by atoms with Gasteiger partial charge in [0.1, 0.15) is 6.61 Å². The average Bonchev–Trinajstić information content (AvgIpc) is 3.54. The van der Waals surface area contributed by atoms with Gasteiger partial charge in [0.25, 0.3) is 0 Å². The highest BCUT2D eigenvalue weighted by atomic mass is 16.5. The van der Waals surface area contributed by atoms with Crippen LogP contribution >= 0.6 is 0 Å². The lowest BCUT2D eigenvalue weighted by atomic mass is 9.77. The second kappa shape index (κ2) is 8.01. The van der Waals surface area contributed by atoms with Crippen LogP contribution in [0.5, 0.6) is 0 Å². The van der Waals surface area contributed by atoms with E-state index < -0.39 is 0 Å². The summed E-state index contributed by atoms with van der Waals surface area (Å²) in [5.41, 5.74) is 6.27. The number of benzene rings is 1. The number of piperidine rings is 1. The van der Waals surface area contributed by atoms with Crippen LogP contribution in [0.2, 0.25) is 0 Å². The van der Waals surface area contributed by atoms with E-state index in [0.717, 1.165) is 75.4 Å². The van der Waals surface area contributed by atoms with Crippen LogP contribution in [0.15, 0.2) is 23.4 Å². The average molecular weight is 463 g/mol. The minimum atomic E-state index is -0.297. The first-order valence-electron chi connectivity index (χ1n) is 12.3. The molecule has 4 aliphatic heterocycles. The third-order valence-corrected chi connectivity index (χ3v) is 8.47. The van der Waals surface area contributed by atoms with Crippen LogP contribution in [0.1, 0.15) is 48.7 Å². The molecule has 2 fully saturated rings. The molecule has 2 saturated heterocycles. The van der Waals surface area contributed by atoms with Gasteiger partial charge in [0, 0.05) is 19.5 Å². The zero-order chi connectivity index (χ0) is 23.4. The molecule has 0 aliphatic carbocycles. The number of aromatic nitrogens is 4. The second-order valence-electron chi connectivity index (χ2n) is 10.1. The van der Waals surface area contributed by atoms with Crippen LogP contribution in [0.3, 0.4) is 0 Å². The summed E-state index contributed by atoms with van der Waals surface area (Å²) in [5, 5.41) is 12.1. The lowest BCUT2D eigenvalue weighted by Gasteiger charge is -2.38. The summed E-state index contributed by atoms with van der Waals surface area (Å²) < 4.78 is 7.00. The van der Waals surface area contributed by atoms with Crippen LogP contribution in [-0.2, 0) is 33.6 Å². The number of hydrogen-bond acceptors (Lipinski definition) is 7. The number of fused-ring (bicyclic) bond motifs is 3. The fraction of sp³-hybridized carbons (Fsp3) is 0.560. The molecule has 6 rings (SSSR count). The molecule has 34 heavy (non-hydrogen) atoms. The topological polar surface area (TPSA) is 93.5 Å². The van der Waals surface area contributed by atoms with Crippen LogP contribution in [0.4, 0.5) is 0 Å². The third kappa shape index (κ3) is 3.28. The number of likely N-dealkylation sites (tertiary alicyclic amines) is 2. The van der Waals surface area contributed by atoms with E-state index in [1.165, 1.54) is 16.7 Å². The molecule has 2 aromatic rings. The molecule has 9 nitrogen and oxygen atoms in total. The van der Waals surface area contributed by atoms with Crippen molar-refractivity contribution in [2.24, 2.45) is 5.41 Å². The Morgan fingerprint density at radius 3 is 2.62 bits per heavy atom. The first-order valence-corrected chi connectivity index (χ1v) is 12.3. The van der Waals surface area contributed by atoms with Crippen molar-refractivity contribution in [3.63, 3.8) is 0 Å². The summed E-state index contributed by atoms with van der Waals surface area (Å²) >= 11 is 0. The van der Waals surface area contributed by atoms with Crippen molar-refractivity contribution in [2.45, 2.75) is 52.4 Å². The van der Waals surface area contributed by atoms with Crippen LogP contribution < -0.4 is 0 Å². The Hall–Kier alpha value is -3.07. The zero-order valence-electron chi connectivity index (χ0n) is 19.8. The molecule has 5 heterocycles. The number of ether oxygens (including phenoxy) is 1. The molecule has 9 heteroatoms. The van der Waals surface area contributed by atoms with E-state index in [4.69, 9.17) is 4.74 Å². The Morgan fingerprint density at radius 2 is 1.85 bits per heavy atom. The van der Waals surface area contributed by atoms with E-state index in [-0.39, 0.29) is 23.9 Å². The Morgan fingerprint density at radius 1 is 1.06 bits per heavy atom. The van der Waals surface area contributed by atoms with E-state index in [1.807, 2.05) is 9.58 Å². The maximum Gasteiger partial charge on any atom is 0.336 e. The molecule has 0 bridgehead atoms. The van der Waals surface area contributed by atoms with Gasteiger partial charge in [0.2, 0.25) is 5.91 Å². The predicted molar refractivity (Wildman–Crippen MR) is 123 cm³/mol. The molecule has 0 N–H and O–H groups in total. The number of amides is 1. The van der Waals surface area contributed by atoms with Gasteiger partial charge in [-0.2, -0.15) is 4.68 Å². The maximum absolute atomic E-state index is 13.3. The summed E-state index contributed by atoms with van der Waals surface area (Å²) in [7, 11) is 0. The van der Waals surface area contributed by atoms with E-state index in [1.54, 1.807) is 6.92 Å². The molecule has 0 atom stereocenters. The van der Waals surface area contributed by atoms with Gasteiger partial charge in [0.05, 0.1) is 22.4 Å². The largest absolute Gasteiger partial charge is 0.456 e. The minimum Gasteiger partial charge on any atom is -0.456 e. The number of aryl methyl sites for hydroxylation is 1. The van der Waals surface area contributed by atoms with E-state index >= 15 is 0 Å². The SMILES string of the molecule is CC1=C(N2CCC3(CCN(CCc4ccc5c(c4C)CCc4nnnn4-5)CC3)C2=O)COC1=O. The number of hydrogen-bond donors (Lipinski definition) is 0. The summed E-state index contributed by atoms with van der Waals surface area (Å²) in [5.74, 6) is 0.821. The quantitative estimate of drug-likeness (QED) is 0.639. The van der Waals surface area contributed by atoms with Crippen molar-refractivity contribution in [3.05, 3.63) is 45.9 Å². The number of esters is 1. The first-order chi connectivity index (χ1) is 16.5. The first kappa shape index (κ1) is 21.5.